The molecule has 0 saturated carbocycles. The molecule has 0 aromatic carbocycles. The zero-order valence-corrected chi connectivity index (χ0v) is 11.7. The Morgan fingerprint density at radius 2 is 1.33 bits per heavy atom. The summed E-state index contributed by atoms with van der Waals surface area (Å²) in [5.74, 6) is 0. The average Bonchev–Trinajstić information content (AvgIpc) is 1.55. The van der Waals surface area contributed by atoms with Crippen molar-refractivity contribution in [2.75, 3.05) is 0 Å². The third-order valence-corrected chi connectivity index (χ3v) is 3.58. The van der Waals surface area contributed by atoms with Crippen molar-refractivity contribution in [3.8, 4) is 0 Å². The van der Waals surface area contributed by atoms with Gasteiger partial charge in [0, 0.05) is 0 Å². The molecule has 0 aliphatic rings. The van der Waals surface area contributed by atoms with E-state index < -0.39 is 16.1 Å². The first kappa shape index (κ1) is 15.1. The molecule has 0 spiro atoms. The molecule has 3 heteroatoms. The van der Waals surface area contributed by atoms with Crippen LogP contribution in [-0.4, -0.2) is 16.1 Å². The van der Waals surface area contributed by atoms with E-state index in [1.54, 1.807) is 0 Å². The van der Waals surface area contributed by atoms with Gasteiger partial charge < -0.3 is 0 Å². The molecular formula is C9H21LiSi2. The third-order valence-electron chi connectivity index (χ3n) is 1.19. The third kappa shape index (κ3) is 13.2. The molecule has 66 valence electrons. The summed E-state index contributed by atoms with van der Waals surface area (Å²) in [6, 6.07) is 2.41. The van der Waals surface area contributed by atoms with Crippen molar-refractivity contribution < 1.29 is 18.9 Å². The Balaban J connectivity index is 0. The molecule has 0 saturated heterocycles. The maximum absolute atomic E-state index is 2.41. The van der Waals surface area contributed by atoms with Crippen LogP contribution in [0.3, 0.4) is 0 Å². The second-order valence-electron chi connectivity index (χ2n) is 5.26. The van der Waals surface area contributed by atoms with Gasteiger partial charge in [0.2, 0.25) is 0 Å². The molecule has 0 fully saturated rings. The van der Waals surface area contributed by atoms with Crippen LogP contribution in [0.4, 0.5) is 0 Å². The summed E-state index contributed by atoms with van der Waals surface area (Å²) in [5, 5.41) is 0. The predicted molar refractivity (Wildman–Crippen MR) is 60.1 cm³/mol. The summed E-state index contributed by atoms with van der Waals surface area (Å²) in [5.41, 5.74) is 2.41. The fourth-order valence-corrected chi connectivity index (χ4v) is 2.17. The monoisotopic (exact) mass is 192 g/mol. The van der Waals surface area contributed by atoms with E-state index in [1.165, 1.54) is 0 Å². The van der Waals surface area contributed by atoms with Crippen molar-refractivity contribution in [2.45, 2.75) is 39.3 Å². The molecule has 0 unspecified atom stereocenters. The largest absolute Gasteiger partial charge is 1.00 e. The number of allylic oxidation sites excluding steroid dienone is 1. The molecule has 0 amide bonds. The molecule has 0 heterocycles. The Kier molecular flexibility index (Phi) is 6.79. The maximum atomic E-state index is 2.41. The summed E-state index contributed by atoms with van der Waals surface area (Å²) in [7, 11) is -1.89. The van der Waals surface area contributed by atoms with Gasteiger partial charge in [-0.2, -0.15) is 0 Å². The maximum Gasteiger partial charge on any atom is 1.00 e. The van der Waals surface area contributed by atoms with Crippen molar-refractivity contribution in [1.29, 1.82) is 0 Å². The molecule has 0 aliphatic heterocycles. The minimum absolute atomic E-state index is 0. The van der Waals surface area contributed by atoms with Crippen molar-refractivity contribution >= 4 is 16.1 Å². The quantitative estimate of drug-likeness (QED) is 0.451. The predicted octanol–water partition coefficient (Wildman–Crippen LogP) is 0.506. The summed E-state index contributed by atoms with van der Waals surface area (Å²) in [6.45, 7) is 14.2. The van der Waals surface area contributed by atoms with Crippen LogP contribution in [-0.2, 0) is 0 Å². The summed E-state index contributed by atoms with van der Waals surface area (Å²) in [6.07, 6.45) is 2.29. The van der Waals surface area contributed by atoms with E-state index in [0.717, 1.165) is 0 Å². The molecule has 0 radical (unpaired) electrons. The SMILES string of the molecule is C[Si](C)(C)C=C[CH-][Si](C)(C)C.[Li+]. The minimum Gasteiger partial charge on any atom is -0.235 e. The number of hydrogen-bond donors (Lipinski definition) is 0. The van der Waals surface area contributed by atoms with Crippen molar-refractivity contribution in [3.63, 3.8) is 0 Å². The van der Waals surface area contributed by atoms with Gasteiger partial charge in [-0.25, -0.2) is 17.8 Å². The Morgan fingerprint density at radius 1 is 0.917 bits per heavy atom. The van der Waals surface area contributed by atoms with E-state index in [-0.39, 0.29) is 18.9 Å². The van der Waals surface area contributed by atoms with Gasteiger partial charge in [0.1, 0.15) is 0 Å². The normalized spacial score (nSPS) is 12.8. The van der Waals surface area contributed by atoms with Gasteiger partial charge in [0.15, 0.2) is 0 Å². The van der Waals surface area contributed by atoms with E-state index >= 15 is 0 Å². The van der Waals surface area contributed by atoms with Gasteiger partial charge in [0.25, 0.3) is 0 Å². The molecule has 0 N–H and O–H groups in total. The van der Waals surface area contributed by atoms with E-state index in [4.69, 9.17) is 0 Å². The van der Waals surface area contributed by atoms with Crippen LogP contribution in [0.15, 0.2) is 11.8 Å². The van der Waals surface area contributed by atoms with Gasteiger partial charge in [-0.3, -0.25) is 0 Å². The summed E-state index contributed by atoms with van der Waals surface area (Å²) < 4.78 is 0. The molecular weight excluding hydrogens is 171 g/mol. The Labute approximate surface area is 92.0 Å². The topological polar surface area (TPSA) is 0 Å². The van der Waals surface area contributed by atoms with E-state index in [9.17, 15) is 0 Å². The molecule has 0 aliphatic carbocycles. The van der Waals surface area contributed by atoms with Crippen LogP contribution in [0.1, 0.15) is 0 Å². The number of rotatable bonds is 3. The molecule has 0 aromatic rings. The fourth-order valence-electron chi connectivity index (χ4n) is 0.625. The van der Waals surface area contributed by atoms with E-state index in [2.05, 4.69) is 57.1 Å². The van der Waals surface area contributed by atoms with Crippen molar-refractivity contribution in [1.82, 2.24) is 0 Å². The van der Waals surface area contributed by atoms with Crippen LogP contribution in [0.25, 0.3) is 0 Å². The van der Waals surface area contributed by atoms with Crippen molar-refractivity contribution in [3.05, 3.63) is 17.8 Å². The molecule has 12 heavy (non-hydrogen) atoms. The number of hydrogen-bond acceptors (Lipinski definition) is 0. The Hall–Kier alpha value is 0.641. The first-order valence-electron chi connectivity index (χ1n) is 4.24. The molecule has 0 rings (SSSR count). The molecule has 0 aromatic heterocycles. The van der Waals surface area contributed by atoms with Crippen LogP contribution < -0.4 is 18.9 Å². The van der Waals surface area contributed by atoms with Crippen LogP contribution in [0.2, 0.25) is 39.3 Å². The van der Waals surface area contributed by atoms with Gasteiger partial charge >= 0.3 is 18.9 Å². The van der Waals surface area contributed by atoms with Gasteiger partial charge in [-0.1, -0.05) is 39.3 Å². The van der Waals surface area contributed by atoms with E-state index in [0.29, 0.717) is 0 Å². The second-order valence-corrected chi connectivity index (χ2v) is 15.4. The van der Waals surface area contributed by atoms with Gasteiger partial charge in [-0.05, 0) is 16.1 Å². The van der Waals surface area contributed by atoms with Crippen LogP contribution in [0, 0.1) is 6.04 Å². The zero-order valence-electron chi connectivity index (χ0n) is 9.73. The first-order valence-corrected chi connectivity index (χ1v) is 11.4. The Bertz CT molecular complexity index is 140. The molecule has 0 atom stereocenters. The minimum atomic E-state index is -0.947. The van der Waals surface area contributed by atoms with Crippen LogP contribution >= 0.6 is 0 Å². The second kappa shape index (κ2) is 5.39. The standard InChI is InChI=1S/C9H21Si2.Li/c1-10(2,3)8-7-9-11(4,5)6;/h7-9H,1-6H3;/q-1;+1. The van der Waals surface area contributed by atoms with Gasteiger partial charge in [0.05, 0.1) is 0 Å². The fraction of sp³-hybridized carbons (Fsp3) is 0.667. The van der Waals surface area contributed by atoms with Gasteiger partial charge in [-0.15, -0.1) is 0 Å². The average molecular weight is 192 g/mol. The van der Waals surface area contributed by atoms with E-state index in [1.807, 2.05) is 0 Å². The van der Waals surface area contributed by atoms with Crippen LogP contribution in [0.5, 0.6) is 0 Å². The summed E-state index contributed by atoms with van der Waals surface area (Å²) >= 11 is 0. The molecule has 0 nitrogen and oxygen atoms in total. The van der Waals surface area contributed by atoms with Crippen molar-refractivity contribution in [2.24, 2.45) is 0 Å². The summed E-state index contributed by atoms with van der Waals surface area (Å²) in [4.78, 5) is 0. The molecule has 0 bridgehead atoms. The zero-order chi connectivity index (χ0) is 9.12. The first-order chi connectivity index (χ1) is 4.71. The Morgan fingerprint density at radius 3 is 1.58 bits per heavy atom. The smallest absolute Gasteiger partial charge is 0.235 e.